The standard InChI is InChI=1S/C14H16BrFN4O/c1-17-14(20(2)9-12-5-6-21-19-12)18-8-10-7-11(16)3-4-13(10)15/h3-7H,8-9H2,1-2H3,(H,17,18). The minimum atomic E-state index is -0.263. The van der Waals surface area contributed by atoms with Crippen molar-refractivity contribution in [1.29, 1.82) is 0 Å². The summed E-state index contributed by atoms with van der Waals surface area (Å²) in [6.07, 6.45) is 1.53. The highest BCUT2D eigenvalue weighted by Gasteiger charge is 2.09. The molecule has 0 radical (unpaired) electrons. The predicted molar refractivity (Wildman–Crippen MR) is 82.3 cm³/mol. The van der Waals surface area contributed by atoms with Gasteiger partial charge in [0.15, 0.2) is 5.96 Å². The maximum Gasteiger partial charge on any atom is 0.194 e. The van der Waals surface area contributed by atoms with Crippen LogP contribution in [-0.4, -0.2) is 30.1 Å². The van der Waals surface area contributed by atoms with Crippen LogP contribution in [-0.2, 0) is 13.1 Å². The molecular weight excluding hydrogens is 339 g/mol. The maximum atomic E-state index is 13.3. The molecule has 1 heterocycles. The fraction of sp³-hybridized carbons (Fsp3) is 0.286. The van der Waals surface area contributed by atoms with Crippen molar-refractivity contribution in [3.63, 3.8) is 0 Å². The highest BCUT2D eigenvalue weighted by atomic mass is 79.9. The van der Waals surface area contributed by atoms with E-state index in [1.165, 1.54) is 18.4 Å². The van der Waals surface area contributed by atoms with Crippen LogP contribution in [0.2, 0.25) is 0 Å². The number of rotatable bonds is 4. The first-order valence-corrected chi connectivity index (χ1v) is 7.14. The summed E-state index contributed by atoms with van der Waals surface area (Å²) < 4.78 is 18.9. The molecule has 0 aliphatic carbocycles. The molecule has 0 fully saturated rings. The Morgan fingerprint density at radius 1 is 1.48 bits per heavy atom. The molecule has 0 saturated heterocycles. The van der Waals surface area contributed by atoms with Crippen LogP contribution in [0.25, 0.3) is 0 Å². The number of benzene rings is 1. The molecule has 0 saturated carbocycles. The van der Waals surface area contributed by atoms with Gasteiger partial charge >= 0.3 is 0 Å². The molecule has 112 valence electrons. The Kier molecular flexibility index (Phi) is 5.32. The topological polar surface area (TPSA) is 53.7 Å². The van der Waals surface area contributed by atoms with Gasteiger partial charge in [0, 0.05) is 31.2 Å². The van der Waals surface area contributed by atoms with Gasteiger partial charge in [-0.2, -0.15) is 0 Å². The van der Waals surface area contributed by atoms with Crippen molar-refractivity contribution >= 4 is 21.9 Å². The zero-order valence-corrected chi connectivity index (χ0v) is 13.4. The summed E-state index contributed by atoms with van der Waals surface area (Å²) in [7, 11) is 3.59. The molecule has 5 nitrogen and oxygen atoms in total. The summed E-state index contributed by atoms with van der Waals surface area (Å²) in [4.78, 5) is 6.11. The molecule has 0 amide bonds. The zero-order chi connectivity index (χ0) is 15.2. The van der Waals surface area contributed by atoms with Gasteiger partial charge in [0.25, 0.3) is 0 Å². The molecule has 2 rings (SSSR count). The molecule has 2 aromatic rings. The third-order valence-electron chi connectivity index (χ3n) is 2.91. The van der Waals surface area contributed by atoms with Crippen LogP contribution < -0.4 is 5.32 Å². The second-order valence-corrected chi connectivity index (χ2v) is 5.34. The number of guanidine groups is 1. The highest BCUT2D eigenvalue weighted by molar-refractivity contribution is 9.10. The summed E-state index contributed by atoms with van der Waals surface area (Å²) in [6, 6.07) is 6.39. The van der Waals surface area contributed by atoms with Gasteiger partial charge in [0.05, 0.1) is 6.54 Å². The molecule has 0 unspecified atom stereocenters. The van der Waals surface area contributed by atoms with Crippen LogP contribution in [0.4, 0.5) is 4.39 Å². The molecule has 0 bridgehead atoms. The highest BCUT2D eigenvalue weighted by Crippen LogP contribution is 2.17. The van der Waals surface area contributed by atoms with E-state index in [9.17, 15) is 4.39 Å². The Labute approximate surface area is 131 Å². The molecule has 1 aromatic heterocycles. The number of hydrogen-bond donors (Lipinski definition) is 1. The van der Waals surface area contributed by atoms with Crippen LogP contribution in [0.3, 0.4) is 0 Å². The number of nitrogens with zero attached hydrogens (tertiary/aromatic N) is 3. The number of halogens is 2. The van der Waals surface area contributed by atoms with Gasteiger partial charge in [-0.15, -0.1) is 0 Å². The van der Waals surface area contributed by atoms with E-state index in [0.717, 1.165) is 15.7 Å². The third-order valence-corrected chi connectivity index (χ3v) is 3.68. The van der Waals surface area contributed by atoms with E-state index in [1.54, 1.807) is 19.2 Å². The monoisotopic (exact) mass is 354 g/mol. The smallest absolute Gasteiger partial charge is 0.194 e. The second-order valence-electron chi connectivity index (χ2n) is 4.48. The van der Waals surface area contributed by atoms with Gasteiger partial charge in [-0.1, -0.05) is 21.1 Å². The molecule has 7 heteroatoms. The fourth-order valence-corrected chi connectivity index (χ4v) is 2.26. The van der Waals surface area contributed by atoms with Gasteiger partial charge in [-0.25, -0.2) is 4.39 Å². The largest absolute Gasteiger partial charge is 0.364 e. The lowest BCUT2D eigenvalue weighted by molar-refractivity contribution is 0.391. The summed E-state index contributed by atoms with van der Waals surface area (Å²) in [6.45, 7) is 1.04. The average molecular weight is 355 g/mol. The molecule has 0 spiro atoms. The van der Waals surface area contributed by atoms with E-state index in [1.807, 2.05) is 11.9 Å². The van der Waals surface area contributed by atoms with Crippen molar-refractivity contribution in [2.24, 2.45) is 4.99 Å². The normalized spacial score (nSPS) is 11.5. The van der Waals surface area contributed by atoms with Crippen LogP contribution in [0, 0.1) is 5.82 Å². The molecule has 0 aliphatic rings. The maximum absolute atomic E-state index is 13.3. The van der Waals surface area contributed by atoms with E-state index in [4.69, 9.17) is 4.52 Å². The molecule has 21 heavy (non-hydrogen) atoms. The first-order valence-electron chi connectivity index (χ1n) is 6.35. The number of aromatic nitrogens is 1. The first kappa shape index (κ1) is 15.5. The minimum absolute atomic E-state index is 0.263. The van der Waals surface area contributed by atoms with Crippen molar-refractivity contribution in [1.82, 2.24) is 15.4 Å². The molecule has 1 aromatic carbocycles. The Balaban J connectivity index is 1.98. The van der Waals surface area contributed by atoms with Crippen molar-refractivity contribution in [3.05, 3.63) is 52.1 Å². The van der Waals surface area contributed by atoms with Gasteiger partial charge in [-0.05, 0) is 23.8 Å². The van der Waals surface area contributed by atoms with E-state index >= 15 is 0 Å². The second kappa shape index (κ2) is 7.21. The Morgan fingerprint density at radius 3 is 2.95 bits per heavy atom. The van der Waals surface area contributed by atoms with E-state index in [2.05, 4.69) is 31.4 Å². The van der Waals surface area contributed by atoms with Crippen molar-refractivity contribution in [2.75, 3.05) is 14.1 Å². The van der Waals surface area contributed by atoms with Crippen LogP contribution >= 0.6 is 15.9 Å². The van der Waals surface area contributed by atoms with Crippen LogP contribution in [0.15, 0.2) is 44.5 Å². The number of nitrogens with one attached hydrogen (secondary N) is 1. The van der Waals surface area contributed by atoms with Gasteiger partial charge in [0.1, 0.15) is 17.8 Å². The van der Waals surface area contributed by atoms with E-state index in [-0.39, 0.29) is 5.82 Å². The Bertz CT molecular complexity index is 615. The van der Waals surface area contributed by atoms with Crippen LogP contribution in [0.5, 0.6) is 0 Å². The van der Waals surface area contributed by atoms with Crippen LogP contribution in [0.1, 0.15) is 11.3 Å². The van der Waals surface area contributed by atoms with E-state index in [0.29, 0.717) is 19.0 Å². The SMILES string of the molecule is CN=C(NCc1cc(F)ccc1Br)N(C)Cc1ccon1. The lowest BCUT2D eigenvalue weighted by Crippen LogP contribution is -2.38. The summed E-state index contributed by atoms with van der Waals surface area (Å²) in [5.41, 5.74) is 1.64. The van der Waals surface area contributed by atoms with Crippen molar-refractivity contribution < 1.29 is 8.91 Å². The predicted octanol–water partition coefficient (Wildman–Crippen LogP) is 2.78. The average Bonchev–Trinajstić information content (AvgIpc) is 2.96. The lowest BCUT2D eigenvalue weighted by atomic mass is 10.2. The fourth-order valence-electron chi connectivity index (χ4n) is 1.87. The number of hydrogen-bond acceptors (Lipinski definition) is 3. The Hall–Kier alpha value is -1.89. The van der Waals surface area contributed by atoms with Crippen molar-refractivity contribution in [2.45, 2.75) is 13.1 Å². The molecule has 0 atom stereocenters. The molecule has 0 aliphatic heterocycles. The minimum Gasteiger partial charge on any atom is -0.364 e. The van der Waals surface area contributed by atoms with Crippen molar-refractivity contribution in [3.8, 4) is 0 Å². The van der Waals surface area contributed by atoms with Gasteiger partial charge in [0.2, 0.25) is 0 Å². The third kappa shape index (κ3) is 4.29. The van der Waals surface area contributed by atoms with Gasteiger partial charge in [-0.3, -0.25) is 4.99 Å². The van der Waals surface area contributed by atoms with Gasteiger partial charge < -0.3 is 14.7 Å². The zero-order valence-electron chi connectivity index (χ0n) is 11.8. The Morgan fingerprint density at radius 2 is 2.29 bits per heavy atom. The summed E-state index contributed by atoms with van der Waals surface area (Å²) in [5, 5.41) is 7.05. The number of aliphatic imine (C=N–C) groups is 1. The lowest BCUT2D eigenvalue weighted by Gasteiger charge is -2.21. The molecule has 1 N–H and O–H groups in total. The summed E-state index contributed by atoms with van der Waals surface area (Å²) >= 11 is 3.41. The van der Waals surface area contributed by atoms with E-state index < -0.39 is 0 Å². The quantitative estimate of drug-likeness (QED) is 0.677. The summed E-state index contributed by atoms with van der Waals surface area (Å²) in [5.74, 6) is 0.426. The first-order chi connectivity index (χ1) is 10.1. The molecular formula is C14H16BrFN4O.